The lowest BCUT2D eigenvalue weighted by Gasteiger charge is -2.16. The summed E-state index contributed by atoms with van der Waals surface area (Å²) in [5.41, 5.74) is 6.02. The number of alkyl halides is 2. The van der Waals surface area contributed by atoms with Gasteiger partial charge in [-0.25, -0.2) is 0 Å². The van der Waals surface area contributed by atoms with E-state index in [2.05, 4.69) is 4.74 Å². The van der Waals surface area contributed by atoms with Crippen molar-refractivity contribution in [2.75, 3.05) is 13.2 Å². The summed E-state index contributed by atoms with van der Waals surface area (Å²) in [6, 6.07) is 6.33. The first-order chi connectivity index (χ1) is 9.08. The second-order valence-corrected chi connectivity index (χ2v) is 3.88. The Morgan fingerprint density at radius 1 is 1.37 bits per heavy atom. The predicted molar refractivity (Wildman–Crippen MR) is 66.0 cm³/mol. The number of hydrogen-bond acceptors (Lipinski definition) is 4. The summed E-state index contributed by atoms with van der Waals surface area (Å²) in [5.74, 6) is -0.945. The van der Waals surface area contributed by atoms with Crippen LogP contribution in [0, 0.1) is 5.92 Å². The second kappa shape index (κ2) is 7.68. The maximum absolute atomic E-state index is 12.3. The smallest absolute Gasteiger partial charge is 0.387 e. The molecular formula is C13H17F2NO3. The third-order valence-corrected chi connectivity index (χ3v) is 2.56. The van der Waals surface area contributed by atoms with Crippen molar-refractivity contribution < 1.29 is 23.0 Å². The number of carbonyl (C=O) groups is 1. The van der Waals surface area contributed by atoms with Crippen LogP contribution in [0.5, 0.6) is 5.75 Å². The van der Waals surface area contributed by atoms with E-state index in [1.165, 1.54) is 6.07 Å². The van der Waals surface area contributed by atoms with Crippen LogP contribution < -0.4 is 10.5 Å². The van der Waals surface area contributed by atoms with E-state index in [0.29, 0.717) is 5.56 Å². The molecule has 4 nitrogen and oxygen atoms in total. The van der Waals surface area contributed by atoms with Gasteiger partial charge in [0.05, 0.1) is 12.5 Å². The summed E-state index contributed by atoms with van der Waals surface area (Å²) in [6.45, 7) is -0.869. The van der Waals surface area contributed by atoms with Gasteiger partial charge in [0.15, 0.2) is 0 Å². The highest BCUT2D eigenvalue weighted by Crippen LogP contribution is 2.23. The fourth-order valence-electron chi connectivity index (χ4n) is 1.67. The highest BCUT2D eigenvalue weighted by Gasteiger charge is 2.21. The zero-order chi connectivity index (χ0) is 14.3. The van der Waals surface area contributed by atoms with Crippen molar-refractivity contribution in [1.29, 1.82) is 0 Å². The SMILES string of the molecule is CCOC(=O)C(CN)Cc1ccccc1OC(F)F. The van der Waals surface area contributed by atoms with Crippen LogP contribution in [-0.4, -0.2) is 25.7 Å². The second-order valence-electron chi connectivity index (χ2n) is 3.88. The van der Waals surface area contributed by atoms with E-state index in [1.807, 2.05) is 0 Å². The number of para-hydroxylation sites is 1. The quantitative estimate of drug-likeness (QED) is 0.771. The van der Waals surface area contributed by atoms with Gasteiger partial charge in [-0.3, -0.25) is 4.79 Å². The van der Waals surface area contributed by atoms with Gasteiger partial charge in [0.1, 0.15) is 5.75 Å². The standard InChI is InChI=1S/C13H17F2NO3/c1-2-18-12(17)10(8-16)7-9-5-3-4-6-11(9)19-13(14)15/h3-6,10,13H,2,7-8,16H2,1H3. The molecule has 1 aromatic rings. The van der Waals surface area contributed by atoms with E-state index in [0.717, 1.165) is 0 Å². The molecule has 0 aliphatic heterocycles. The fourth-order valence-corrected chi connectivity index (χ4v) is 1.67. The summed E-state index contributed by atoms with van der Waals surface area (Å²) in [6.07, 6.45) is 0.207. The van der Waals surface area contributed by atoms with Crippen molar-refractivity contribution in [3.05, 3.63) is 29.8 Å². The Labute approximate surface area is 110 Å². The maximum atomic E-state index is 12.3. The molecule has 0 amide bonds. The van der Waals surface area contributed by atoms with Crippen molar-refractivity contribution in [1.82, 2.24) is 0 Å². The Bertz CT molecular complexity index is 413. The molecule has 1 aromatic carbocycles. The van der Waals surface area contributed by atoms with Crippen molar-refractivity contribution >= 4 is 5.97 Å². The Morgan fingerprint density at radius 2 is 2.05 bits per heavy atom. The number of carbonyl (C=O) groups excluding carboxylic acids is 1. The van der Waals surface area contributed by atoms with Crippen LogP contribution in [0.15, 0.2) is 24.3 Å². The first-order valence-corrected chi connectivity index (χ1v) is 5.97. The molecule has 1 unspecified atom stereocenters. The third-order valence-electron chi connectivity index (χ3n) is 2.56. The fraction of sp³-hybridized carbons (Fsp3) is 0.462. The van der Waals surface area contributed by atoms with Crippen LogP contribution in [0.2, 0.25) is 0 Å². The molecule has 0 fully saturated rings. The molecule has 0 radical (unpaired) electrons. The van der Waals surface area contributed by atoms with Gasteiger partial charge in [-0.2, -0.15) is 8.78 Å². The van der Waals surface area contributed by atoms with Gasteiger partial charge >= 0.3 is 12.6 Å². The Kier molecular flexibility index (Phi) is 6.21. The van der Waals surface area contributed by atoms with Gasteiger partial charge in [0.2, 0.25) is 0 Å². The minimum absolute atomic E-state index is 0.0558. The van der Waals surface area contributed by atoms with Crippen molar-refractivity contribution in [3.8, 4) is 5.75 Å². The van der Waals surface area contributed by atoms with Gasteiger partial charge in [-0.1, -0.05) is 18.2 Å². The monoisotopic (exact) mass is 273 g/mol. The van der Waals surface area contributed by atoms with Crippen molar-refractivity contribution in [2.24, 2.45) is 11.7 Å². The lowest BCUT2D eigenvalue weighted by molar-refractivity contribution is -0.147. The molecule has 2 N–H and O–H groups in total. The van der Waals surface area contributed by atoms with Crippen LogP contribution >= 0.6 is 0 Å². The molecule has 0 aliphatic carbocycles. The number of benzene rings is 1. The normalized spacial score (nSPS) is 12.3. The van der Waals surface area contributed by atoms with E-state index < -0.39 is 18.5 Å². The summed E-state index contributed by atoms with van der Waals surface area (Å²) in [4.78, 5) is 11.6. The Balaban J connectivity index is 2.81. The van der Waals surface area contributed by atoms with Crippen LogP contribution in [0.4, 0.5) is 8.78 Å². The number of rotatable bonds is 7. The maximum Gasteiger partial charge on any atom is 0.387 e. The number of ether oxygens (including phenoxy) is 2. The van der Waals surface area contributed by atoms with Crippen molar-refractivity contribution in [3.63, 3.8) is 0 Å². The van der Waals surface area contributed by atoms with Crippen LogP contribution in [0.1, 0.15) is 12.5 Å². The third kappa shape index (κ3) is 4.82. The van der Waals surface area contributed by atoms with Gasteiger partial charge in [-0.05, 0) is 25.0 Å². The minimum atomic E-state index is -2.90. The lowest BCUT2D eigenvalue weighted by Crippen LogP contribution is -2.28. The van der Waals surface area contributed by atoms with Gasteiger partial charge < -0.3 is 15.2 Å². The highest BCUT2D eigenvalue weighted by atomic mass is 19.3. The minimum Gasteiger partial charge on any atom is -0.466 e. The van der Waals surface area contributed by atoms with E-state index in [1.54, 1.807) is 25.1 Å². The van der Waals surface area contributed by atoms with E-state index in [4.69, 9.17) is 10.5 Å². The zero-order valence-electron chi connectivity index (χ0n) is 10.6. The van der Waals surface area contributed by atoms with E-state index >= 15 is 0 Å². The molecule has 1 atom stereocenters. The molecule has 0 aliphatic rings. The average molecular weight is 273 g/mol. The topological polar surface area (TPSA) is 61.5 Å². The first-order valence-electron chi connectivity index (χ1n) is 5.97. The summed E-state index contributed by atoms with van der Waals surface area (Å²) >= 11 is 0. The largest absolute Gasteiger partial charge is 0.466 e. The Hall–Kier alpha value is -1.69. The molecular weight excluding hydrogens is 256 g/mol. The molecule has 19 heavy (non-hydrogen) atoms. The van der Waals surface area contributed by atoms with E-state index in [9.17, 15) is 13.6 Å². The van der Waals surface area contributed by atoms with Crippen LogP contribution in [0.3, 0.4) is 0 Å². The molecule has 0 bridgehead atoms. The molecule has 1 rings (SSSR count). The van der Waals surface area contributed by atoms with Crippen molar-refractivity contribution in [2.45, 2.75) is 20.0 Å². The molecule has 0 spiro atoms. The van der Waals surface area contributed by atoms with Crippen LogP contribution in [0.25, 0.3) is 0 Å². The Morgan fingerprint density at radius 3 is 2.63 bits per heavy atom. The number of halogens is 2. The van der Waals surface area contributed by atoms with Gasteiger partial charge in [0, 0.05) is 6.54 Å². The average Bonchev–Trinajstić information content (AvgIpc) is 2.37. The number of esters is 1. The summed E-state index contributed by atoms with van der Waals surface area (Å²) < 4.78 is 33.8. The van der Waals surface area contributed by atoms with Gasteiger partial charge in [0.25, 0.3) is 0 Å². The highest BCUT2D eigenvalue weighted by molar-refractivity contribution is 5.73. The summed E-state index contributed by atoms with van der Waals surface area (Å²) in [5, 5.41) is 0. The molecule has 106 valence electrons. The van der Waals surface area contributed by atoms with E-state index in [-0.39, 0.29) is 25.3 Å². The molecule has 0 aromatic heterocycles. The van der Waals surface area contributed by atoms with Crippen LogP contribution in [-0.2, 0) is 16.0 Å². The molecule has 6 heteroatoms. The summed E-state index contributed by atoms with van der Waals surface area (Å²) in [7, 11) is 0. The molecule has 0 heterocycles. The number of hydrogen-bond donors (Lipinski definition) is 1. The zero-order valence-corrected chi connectivity index (χ0v) is 10.6. The molecule has 0 saturated heterocycles. The predicted octanol–water partition coefficient (Wildman–Crippen LogP) is 1.97. The number of nitrogens with two attached hydrogens (primary N) is 1. The molecule has 0 saturated carbocycles. The first kappa shape index (κ1) is 15.4. The van der Waals surface area contributed by atoms with Gasteiger partial charge in [-0.15, -0.1) is 0 Å². The lowest BCUT2D eigenvalue weighted by atomic mass is 9.99.